The molecule has 0 aromatic heterocycles. The molecule has 2 saturated heterocycles. The number of aliphatic hydroxyl groups excluding tert-OH is 1. The summed E-state index contributed by atoms with van der Waals surface area (Å²) in [4.78, 5) is 58.1. The molecule has 4 aliphatic rings. The minimum atomic E-state index is -1.33. The summed E-state index contributed by atoms with van der Waals surface area (Å²) < 4.78 is 12.2. The molecule has 1 aromatic carbocycles. The van der Waals surface area contributed by atoms with Crippen LogP contribution in [0.3, 0.4) is 0 Å². The lowest BCUT2D eigenvalue weighted by Gasteiger charge is -2.36. The molecular weight excluding hydrogens is 526 g/mol. The van der Waals surface area contributed by atoms with E-state index >= 15 is 0 Å². The molecule has 0 saturated carbocycles. The van der Waals surface area contributed by atoms with Gasteiger partial charge in [0.05, 0.1) is 24.0 Å². The Labute approximate surface area is 240 Å². The number of rotatable bonds is 6. The van der Waals surface area contributed by atoms with Crippen LogP contribution in [0, 0.1) is 11.8 Å². The van der Waals surface area contributed by atoms with Crippen molar-refractivity contribution in [2.24, 2.45) is 11.8 Å². The Balaban J connectivity index is 1.57. The maximum atomic E-state index is 14.3. The van der Waals surface area contributed by atoms with Gasteiger partial charge in [0.25, 0.3) is 0 Å². The van der Waals surface area contributed by atoms with Crippen LogP contribution in [0.1, 0.15) is 51.1 Å². The Bertz CT molecular complexity index is 1220. The van der Waals surface area contributed by atoms with Crippen LogP contribution in [0.5, 0.6) is 0 Å². The van der Waals surface area contributed by atoms with Gasteiger partial charge in [0.1, 0.15) is 18.2 Å². The van der Waals surface area contributed by atoms with Crippen molar-refractivity contribution in [1.29, 1.82) is 0 Å². The number of unbranched alkanes of at least 4 members (excludes halogenated alkanes) is 1. The molecule has 10 heteroatoms. The van der Waals surface area contributed by atoms with E-state index in [0.717, 1.165) is 5.56 Å². The van der Waals surface area contributed by atoms with Gasteiger partial charge in [-0.3, -0.25) is 19.2 Å². The quantitative estimate of drug-likeness (QED) is 0.307. The fraction of sp³-hybridized carbons (Fsp3) is 0.548. The minimum Gasteiger partial charge on any atom is -0.463 e. The number of cyclic esters (lactones) is 1. The number of fused-ring (bicyclic) bond motifs is 2. The minimum absolute atomic E-state index is 0.0207. The Hall–Kier alpha value is -3.50. The van der Waals surface area contributed by atoms with Crippen LogP contribution in [0.25, 0.3) is 0 Å². The van der Waals surface area contributed by atoms with Gasteiger partial charge in [-0.25, -0.2) is 0 Å². The third-order valence-electron chi connectivity index (χ3n) is 8.53. The van der Waals surface area contributed by atoms with Crippen molar-refractivity contribution in [2.45, 2.75) is 69.4 Å². The normalized spacial score (nSPS) is 32.8. The molecule has 6 atom stereocenters. The molecule has 0 radical (unpaired) electrons. The van der Waals surface area contributed by atoms with E-state index < -0.39 is 41.5 Å². The highest BCUT2D eigenvalue weighted by Crippen LogP contribution is 2.53. The fourth-order valence-corrected chi connectivity index (χ4v) is 6.55. The number of nitrogens with zero attached hydrogens (tertiary/aromatic N) is 2. The molecule has 3 amide bonds. The van der Waals surface area contributed by atoms with Crippen molar-refractivity contribution in [3.05, 3.63) is 60.2 Å². The molecule has 2 N–H and O–H groups in total. The number of aliphatic hydroxyl groups is 1. The molecule has 4 heterocycles. The number of hydrogen-bond acceptors (Lipinski definition) is 7. The van der Waals surface area contributed by atoms with Crippen LogP contribution in [0.15, 0.2) is 54.6 Å². The zero-order chi connectivity index (χ0) is 29.1. The number of hydrogen-bond donors (Lipinski definition) is 2. The molecule has 0 aliphatic carbocycles. The van der Waals surface area contributed by atoms with Crippen molar-refractivity contribution >= 4 is 23.7 Å². The SMILES string of the molecule is CC(C)N1CC=C[C@@]23O[C@H]4/C=C\CCC(=O)OC[C@H](c5ccccc5)NC(=O)[C@H]4[C@@H]2C(=O)N(CCCCO)[C@H]3C1=O. The van der Waals surface area contributed by atoms with E-state index in [1.54, 1.807) is 22.0 Å². The lowest BCUT2D eigenvalue weighted by molar-refractivity contribution is -0.149. The molecular formula is C31H39N3O7. The molecule has 0 bridgehead atoms. The summed E-state index contributed by atoms with van der Waals surface area (Å²) >= 11 is 0. The van der Waals surface area contributed by atoms with Crippen LogP contribution >= 0.6 is 0 Å². The first kappa shape index (κ1) is 29.0. The molecule has 2 fully saturated rings. The summed E-state index contributed by atoms with van der Waals surface area (Å²) in [5, 5.41) is 12.4. The maximum Gasteiger partial charge on any atom is 0.306 e. The second-order valence-electron chi connectivity index (χ2n) is 11.4. The molecule has 1 spiro atoms. The third-order valence-corrected chi connectivity index (χ3v) is 8.53. The highest BCUT2D eigenvalue weighted by molar-refractivity contribution is 5.99. The van der Waals surface area contributed by atoms with Gasteiger partial charge in [0, 0.05) is 32.2 Å². The first-order valence-electron chi connectivity index (χ1n) is 14.5. The molecule has 4 aliphatic heterocycles. The average Bonchev–Trinajstić information content (AvgIpc) is 3.33. The van der Waals surface area contributed by atoms with Gasteiger partial charge in [0.15, 0.2) is 0 Å². The van der Waals surface area contributed by atoms with E-state index in [-0.39, 0.29) is 50.0 Å². The van der Waals surface area contributed by atoms with Gasteiger partial charge >= 0.3 is 5.97 Å². The first-order valence-corrected chi connectivity index (χ1v) is 14.5. The average molecular weight is 566 g/mol. The van der Waals surface area contributed by atoms with Crippen LogP contribution < -0.4 is 5.32 Å². The van der Waals surface area contributed by atoms with E-state index in [1.165, 1.54) is 0 Å². The highest BCUT2D eigenvalue weighted by Gasteiger charge is 2.71. The lowest BCUT2D eigenvalue weighted by atomic mass is 9.77. The van der Waals surface area contributed by atoms with Gasteiger partial charge < -0.3 is 29.7 Å². The number of allylic oxidation sites excluding steroid dienone is 1. The van der Waals surface area contributed by atoms with Crippen LogP contribution in [0.4, 0.5) is 0 Å². The van der Waals surface area contributed by atoms with Gasteiger partial charge in [-0.1, -0.05) is 54.6 Å². The first-order chi connectivity index (χ1) is 19.8. The molecule has 10 nitrogen and oxygen atoms in total. The largest absolute Gasteiger partial charge is 0.463 e. The summed E-state index contributed by atoms with van der Waals surface area (Å²) in [5.74, 6) is -3.12. The van der Waals surface area contributed by atoms with Gasteiger partial charge in [-0.05, 0) is 38.7 Å². The van der Waals surface area contributed by atoms with Gasteiger partial charge in [-0.2, -0.15) is 0 Å². The molecule has 220 valence electrons. The summed E-state index contributed by atoms with van der Waals surface area (Å²) in [5.41, 5.74) is -0.562. The number of carbonyl (C=O) groups is 4. The predicted molar refractivity (Wildman–Crippen MR) is 149 cm³/mol. The summed E-state index contributed by atoms with van der Waals surface area (Å²) in [6.45, 7) is 4.44. The number of amides is 3. The van der Waals surface area contributed by atoms with E-state index in [0.29, 0.717) is 25.8 Å². The van der Waals surface area contributed by atoms with E-state index in [2.05, 4.69) is 5.32 Å². The van der Waals surface area contributed by atoms with Gasteiger partial charge in [0.2, 0.25) is 17.7 Å². The fourth-order valence-electron chi connectivity index (χ4n) is 6.55. The Morgan fingerprint density at radius 1 is 1.07 bits per heavy atom. The number of nitrogens with one attached hydrogen (secondary N) is 1. The van der Waals surface area contributed by atoms with Crippen molar-refractivity contribution in [1.82, 2.24) is 15.1 Å². The standard InChI is InChI=1S/C31H39N3O7/c1-20(2)33-17-10-15-31-26(29(38)34(16-8-9-18-35)27(31)30(33)39)25-23(41-31)13-6-7-14-24(36)40-19-22(32-28(25)37)21-11-4-3-5-12-21/h3-6,10-13,15,20,22-23,25-27,35H,7-9,14,16-19H2,1-2H3,(H,32,37)/b13-6-/t22-,23+,25-,26-,27+,31-/m1/s1. The van der Waals surface area contributed by atoms with Crippen LogP contribution in [-0.2, 0) is 28.7 Å². The zero-order valence-electron chi connectivity index (χ0n) is 23.6. The zero-order valence-corrected chi connectivity index (χ0v) is 23.6. The van der Waals surface area contributed by atoms with Crippen molar-refractivity contribution < 1.29 is 33.8 Å². The topological polar surface area (TPSA) is 125 Å². The number of carbonyl (C=O) groups excluding carboxylic acids is 4. The molecule has 41 heavy (non-hydrogen) atoms. The molecule has 5 rings (SSSR count). The number of benzene rings is 1. The second kappa shape index (κ2) is 12.2. The number of ether oxygens (including phenoxy) is 2. The smallest absolute Gasteiger partial charge is 0.306 e. The monoisotopic (exact) mass is 565 g/mol. The van der Waals surface area contributed by atoms with Crippen molar-refractivity contribution in [3.63, 3.8) is 0 Å². The number of esters is 1. The van der Waals surface area contributed by atoms with Crippen molar-refractivity contribution in [3.8, 4) is 0 Å². The maximum absolute atomic E-state index is 14.3. The second-order valence-corrected chi connectivity index (χ2v) is 11.4. The highest BCUT2D eigenvalue weighted by atomic mass is 16.5. The van der Waals surface area contributed by atoms with E-state index in [9.17, 15) is 24.3 Å². The third kappa shape index (κ3) is 5.42. The predicted octanol–water partition coefficient (Wildman–Crippen LogP) is 1.90. The van der Waals surface area contributed by atoms with Crippen LogP contribution in [-0.4, -0.2) is 88.7 Å². The van der Waals surface area contributed by atoms with Crippen LogP contribution in [0.2, 0.25) is 0 Å². The van der Waals surface area contributed by atoms with Crippen molar-refractivity contribution in [2.75, 3.05) is 26.3 Å². The Kier molecular flexibility index (Phi) is 8.60. The van der Waals surface area contributed by atoms with E-state index in [1.807, 2.05) is 56.3 Å². The van der Waals surface area contributed by atoms with Gasteiger partial charge in [-0.15, -0.1) is 0 Å². The lowest BCUT2D eigenvalue weighted by Crippen LogP contribution is -2.56. The molecule has 0 unspecified atom stereocenters. The number of likely N-dealkylation sites (tertiary alicyclic amines) is 1. The van der Waals surface area contributed by atoms with E-state index in [4.69, 9.17) is 9.47 Å². The summed E-state index contributed by atoms with van der Waals surface area (Å²) in [6.07, 6.45) is 7.99. The summed E-state index contributed by atoms with van der Waals surface area (Å²) in [7, 11) is 0. The molecule has 1 aromatic rings. The summed E-state index contributed by atoms with van der Waals surface area (Å²) in [6, 6.07) is 7.59. The Morgan fingerprint density at radius 3 is 2.59 bits per heavy atom. The Morgan fingerprint density at radius 2 is 1.85 bits per heavy atom.